The van der Waals surface area contributed by atoms with Crippen LogP contribution in [0.15, 0.2) is 23.0 Å². The van der Waals surface area contributed by atoms with E-state index in [0.29, 0.717) is 29.2 Å². The van der Waals surface area contributed by atoms with Crippen LogP contribution in [-0.4, -0.2) is 16.5 Å². The van der Waals surface area contributed by atoms with Crippen LogP contribution in [-0.2, 0) is 12.8 Å². The van der Waals surface area contributed by atoms with Crippen LogP contribution in [0.2, 0.25) is 0 Å². The van der Waals surface area contributed by atoms with Gasteiger partial charge in [-0.25, -0.2) is 13.8 Å². The quantitative estimate of drug-likeness (QED) is 0.882. The van der Waals surface area contributed by atoms with E-state index in [4.69, 9.17) is 0 Å². The van der Waals surface area contributed by atoms with Gasteiger partial charge >= 0.3 is 0 Å². The molecule has 4 nitrogen and oxygen atoms in total. The smallest absolute Gasteiger partial charge is 0.256 e. The number of hydrogen-bond acceptors (Lipinski definition) is 3. The molecule has 0 aliphatic carbocycles. The number of fused-ring (bicyclic) bond motifs is 1. The fourth-order valence-electron chi connectivity index (χ4n) is 2.38. The highest BCUT2D eigenvalue weighted by Gasteiger charge is 2.15. The second-order valence-corrected chi connectivity index (χ2v) is 4.82. The SMILES string of the molecule is O=c1[nH]c(Cc2cc(F)cc(F)c2)nc2c1CCCN2. The van der Waals surface area contributed by atoms with Crippen LogP contribution < -0.4 is 10.9 Å². The number of rotatable bonds is 2. The van der Waals surface area contributed by atoms with Crippen molar-refractivity contribution in [3.8, 4) is 0 Å². The molecule has 2 heterocycles. The maximum atomic E-state index is 13.1. The molecule has 0 fully saturated rings. The normalized spacial score (nSPS) is 13.7. The first kappa shape index (κ1) is 12.8. The molecular formula is C14H13F2N3O. The number of nitrogens with one attached hydrogen (secondary N) is 2. The molecule has 0 saturated heterocycles. The summed E-state index contributed by atoms with van der Waals surface area (Å²) < 4.78 is 26.3. The van der Waals surface area contributed by atoms with E-state index in [1.165, 1.54) is 12.1 Å². The molecule has 1 aliphatic heterocycles. The Morgan fingerprint density at radius 1 is 1.20 bits per heavy atom. The van der Waals surface area contributed by atoms with Gasteiger partial charge in [0, 0.05) is 19.0 Å². The number of halogens is 2. The minimum absolute atomic E-state index is 0.179. The first-order valence-corrected chi connectivity index (χ1v) is 6.43. The van der Waals surface area contributed by atoms with Gasteiger partial charge in [0.2, 0.25) is 0 Å². The van der Waals surface area contributed by atoms with Crippen LogP contribution >= 0.6 is 0 Å². The highest BCUT2D eigenvalue weighted by molar-refractivity contribution is 5.45. The van der Waals surface area contributed by atoms with E-state index in [1.807, 2.05) is 0 Å². The zero-order valence-corrected chi connectivity index (χ0v) is 10.7. The molecule has 20 heavy (non-hydrogen) atoms. The van der Waals surface area contributed by atoms with Gasteiger partial charge in [0.05, 0.1) is 5.56 Å². The number of aromatic amines is 1. The third-order valence-electron chi connectivity index (χ3n) is 3.25. The van der Waals surface area contributed by atoms with Crippen LogP contribution in [0.1, 0.15) is 23.4 Å². The lowest BCUT2D eigenvalue weighted by molar-refractivity contribution is 0.580. The molecule has 1 aliphatic rings. The molecule has 2 N–H and O–H groups in total. The second kappa shape index (κ2) is 5.03. The topological polar surface area (TPSA) is 57.8 Å². The summed E-state index contributed by atoms with van der Waals surface area (Å²) in [4.78, 5) is 18.9. The van der Waals surface area contributed by atoms with Gasteiger partial charge in [-0.1, -0.05) is 0 Å². The van der Waals surface area contributed by atoms with E-state index in [2.05, 4.69) is 15.3 Å². The summed E-state index contributed by atoms with van der Waals surface area (Å²) in [6.45, 7) is 0.775. The molecule has 0 bridgehead atoms. The fourth-order valence-corrected chi connectivity index (χ4v) is 2.38. The highest BCUT2D eigenvalue weighted by atomic mass is 19.1. The number of aromatic nitrogens is 2. The Morgan fingerprint density at radius 2 is 1.95 bits per heavy atom. The third-order valence-corrected chi connectivity index (χ3v) is 3.25. The molecule has 1 aromatic heterocycles. The molecule has 2 aromatic rings. The van der Waals surface area contributed by atoms with Crippen molar-refractivity contribution in [1.29, 1.82) is 0 Å². The molecule has 104 valence electrons. The first-order chi connectivity index (χ1) is 9.61. The molecular weight excluding hydrogens is 264 g/mol. The molecule has 0 unspecified atom stereocenters. The lowest BCUT2D eigenvalue weighted by Gasteiger charge is -2.16. The zero-order valence-electron chi connectivity index (χ0n) is 10.7. The largest absolute Gasteiger partial charge is 0.370 e. The van der Waals surface area contributed by atoms with Crippen LogP contribution in [0.25, 0.3) is 0 Å². The van der Waals surface area contributed by atoms with Crippen molar-refractivity contribution in [2.24, 2.45) is 0 Å². The molecule has 3 rings (SSSR count). The van der Waals surface area contributed by atoms with E-state index in [-0.39, 0.29) is 12.0 Å². The van der Waals surface area contributed by atoms with Crippen molar-refractivity contribution in [3.63, 3.8) is 0 Å². The minimum Gasteiger partial charge on any atom is -0.370 e. The molecule has 1 aromatic carbocycles. The van der Waals surface area contributed by atoms with E-state index in [9.17, 15) is 13.6 Å². The van der Waals surface area contributed by atoms with E-state index in [0.717, 1.165) is 19.0 Å². The van der Waals surface area contributed by atoms with E-state index < -0.39 is 11.6 Å². The van der Waals surface area contributed by atoms with Gasteiger partial charge in [0.15, 0.2) is 0 Å². The summed E-state index contributed by atoms with van der Waals surface area (Å²) in [5, 5.41) is 3.07. The summed E-state index contributed by atoms with van der Waals surface area (Å²) in [5.41, 5.74) is 0.890. The van der Waals surface area contributed by atoms with Crippen LogP contribution in [0.4, 0.5) is 14.6 Å². The number of H-pyrrole nitrogens is 1. The van der Waals surface area contributed by atoms with Crippen LogP contribution in [0.5, 0.6) is 0 Å². The van der Waals surface area contributed by atoms with Gasteiger partial charge in [0.1, 0.15) is 23.3 Å². The highest BCUT2D eigenvalue weighted by Crippen LogP contribution is 2.17. The monoisotopic (exact) mass is 277 g/mol. The Kier molecular flexibility index (Phi) is 3.22. The Bertz CT molecular complexity index is 692. The lowest BCUT2D eigenvalue weighted by atomic mass is 10.1. The maximum absolute atomic E-state index is 13.1. The number of hydrogen-bond donors (Lipinski definition) is 2. The van der Waals surface area contributed by atoms with Gasteiger partial charge < -0.3 is 10.3 Å². The predicted molar refractivity (Wildman–Crippen MR) is 70.8 cm³/mol. The minimum atomic E-state index is -0.640. The summed E-state index contributed by atoms with van der Waals surface area (Å²) in [7, 11) is 0. The van der Waals surface area contributed by atoms with Gasteiger partial charge in [-0.15, -0.1) is 0 Å². The van der Waals surface area contributed by atoms with Crippen molar-refractivity contribution in [2.45, 2.75) is 19.3 Å². The second-order valence-electron chi connectivity index (χ2n) is 4.82. The fraction of sp³-hybridized carbons (Fsp3) is 0.286. The van der Waals surface area contributed by atoms with Gasteiger partial charge in [-0.05, 0) is 30.5 Å². The van der Waals surface area contributed by atoms with Gasteiger partial charge in [0.25, 0.3) is 5.56 Å². The van der Waals surface area contributed by atoms with Crippen molar-refractivity contribution in [3.05, 3.63) is 57.1 Å². The molecule has 6 heteroatoms. The van der Waals surface area contributed by atoms with Gasteiger partial charge in [-0.3, -0.25) is 4.79 Å². The Balaban J connectivity index is 1.95. The molecule has 0 radical (unpaired) electrons. The summed E-state index contributed by atoms with van der Waals surface area (Å²) in [5.74, 6) is -0.308. The average molecular weight is 277 g/mol. The van der Waals surface area contributed by atoms with E-state index >= 15 is 0 Å². The lowest BCUT2D eigenvalue weighted by Crippen LogP contribution is -2.25. The first-order valence-electron chi connectivity index (χ1n) is 6.43. The average Bonchev–Trinajstić information content (AvgIpc) is 2.37. The Hall–Kier alpha value is -2.24. The van der Waals surface area contributed by atoms with E-state index in [1.54, 1.807) is 0 Å². The molecule has 0 atom stereocenters. The number of anilines is 1. The van der Waals surface area contributed by atoms with Crippen molar-refractivity contribution in [1.82, 2.24) is 9.97 Å². The van der Waals surface area contributed by atoms with Crippen molar-refractivity contribution in [2.75, 3.05) is 11.9 Å². The van der Waals surface area contributed by atoms with Crippen molar-refractivity contribution >= 4 is 5.82 Å². The van der Waals surface area contributed by atoms with Gasteiger partial charge in [-0.2, -0.15) is 0 Å². The summed E-state index contributed by atoms with van der Waals surface area (Å²) >= 11 is 0. The van der Waals surface area contributed by atoms with Crippen LogP contribution in [0, 0.1) is 11.6 Å². The summed E-state index contributed by atoms with van der Waals surface area (Å²) in [6, 6.07) is 3.28. The predicted octanol–water partition coefficient (Wildman–Crippen LogP) is 2.00. The third kappa shape index (κ3) is 2.54. The number of nitrogens with zero attached hydrogens (tertiary/aromatic N) is 1. The molecule has 0 amide bonds. The Labute approximate surface area is 113 Å². The molecule has 0 saturated carbocycles. The summed E-state index contributed by atoms with van der Waals surface area (Å²) in [6.07, 6.45) is 1.77. The zero-order chi connectivity index (χ0) is 14.1. The maximum Gasteiger partial charge on any atom is 0.256 e. The number of benzene rings is 1. The Morgan fingerprint density at radius 3 is 2.70 bits per heavy atom. The molecule has 0 spiro atoms. The standard InChI is InChI=1S/C14H13F2N3O/c15-9-4-8(5-10(16)7-9)6-12-18-13-11(14(20)19-12)2-1-3-17-13/h4-5,7H,1-3,6H2,(H2,17,18,19,20). The van der Waals surface area contributed by atoms with Crippen LogP contribution in [0.3, 0.4) is 0 Å². The van der Waals surface area contributed by atoms with Crippen molar-refractivity contribution < 1.29 is 8.78 Å².